The first-order valence-electron chi connectivity index (χ1n) is 5.59. The molecule has 1 heterocycles. The van der Waals surface area contributed by atoms with Gasteiger partial charge in [-0.3, -0.25) is 4.79 Å². The third kappa shape index (κ3) is 2.66. The molecule has 90 valence electrons. The number of amides is 1. The van der Waals surface area contributed by atoms with Gasteiger partial charge in [0, 0.05) is 13.2 Å². The molecule has 0 bridgehead atoms. The first-order chi connectivity index (χ1) is 7.76. The van der Waals surface area contributed by atoms with Crippen molar-refractivity contribution in [2.45, 2.75) is 19.3 Å². The SMILES string of the molecule is O=C(NCC1(CCO)CC1)C1=COCCO1. The van der Waals surface area contributed by atoms with E-state index in [0.717, 1.165) is 19.3 Å². The van der Waals surface area contributed by atoms with Gasteiger partial charge in [0.25, 0.3) is 5.91 Å². The molecule has 16 heavy (non-hydrogen) atoms. The molecule has 0 aromatic carbocycles. The lowest BCUT2D eigenvalue weighted by Crippen LogP contribution is -2.33. The number of ether oxygens (including phenoxy) is 2. The normalized spacial score (nSPS) is 21.4. The van der Waals surface area contributed by atoms with Gasteiger partial charge in [-0.2, -0.15) is 0 Å². The standard InChI is InChI=1S/C11H17NO4/c13-4-3-11(1-2-11)8-12-10(14)9-7-15-5-6-16-9/h7,13H,1-6,8H2,(H,12,14). The fourth-order valence-corrected chi connectivity index (χ4v) is 1.77. The van der Waals surface area contributed by atoms with Crippen LogP contribution in [0.15, 0.2) is 12.0 Å². The highest BCUT2D eigenvalue weighted by Crippen LogP contribution is 2.47. The summed E-state index contributed by atoms with van der Waals surface area (Å²) in [5.74, 6) is 0.00923. The van der Waals surface area contributed by atoms with Gasteiger partial charge in [0.15, 0.2) is 0 Å². The average Bonchev–Trinajstić information content (AvgIpc) is 3.08. The summed E-state index contributed by atoms with van der Waals surface area (Å²) in [4.78, 5) is 11.6. The maximum Gasteiger partial charge on any atom is 0.289 e. The Hall–Kier alpha value is -1.23. The molecule has 0 aromatic heterocycles. The number of aliphatic hydroxyl groups excluding tert-OH is 1. The molecule has 1 aliphatic carbocycles. The highest BCUT2D eigenvalue weighted by molar-refractivity contribution is 5.91. The first-order valence-corrected chi connectivity index (χ1v) is 5.59. The van der Waals surface area contributed by atoms with Gasteiger partial charge in [0.2, 0.25) is 5.76 Å². The fraction of sp³-hybridized carbons (Fsp3) is 0.727. The molecule has 1 saturated carbocycles. The lowest BCUT2D eigenvalue weighted by Gasteiger charge is -2.17. The summed E-state index contributed by atoms with van der Waals surface area (Å²) in [5.41, 5.74) is 0.125. The summed E-state index contributed by atoms with van der Waals surface area (Å²) >= 11 is 0. The molecule has 5 nitrogen and oxygen atoms in total. The molecule has 2 rings (SSSR count). The molecule has 0 radical (unpaired) electrons. The first kappa shape index (κ1) is 11.3. The van der Waals surface area contributed by atoms with Crippen LogP contribution in [0.5, 0.6) is 0 Å². The number of aliphatic hydroxyl groups is 1. The molecule has 2 aliphatic rings. The molecule has 0 aromatic rings. The van der Waals surface area contributed by atoms with Gasteiger partial charge in [-0.05, 0) is 24.7 Å². The molecule has 1 amide bonds. The molecule has 0 unspecified atom stereocenters. The molecule has 1 fully saturated rings. The van der Waals surface area contributed by atoms with E-state index in [9.17, 15) is 4.79 Å². The highest BCUT2D eigenvalue weighted by Gasteiger charge is 2.42. The van der Waals surface area contributed by atoms with E-state index in [1.54, 1.807) is 0 Å². The Labute approximate surface area is 94.4 Å². The summed E-state index contributed by atoms with van der Waals surface area (Å²) in [5, 5.41) is 11.7. The van der Waals surface area contributed by atoms with Gasteiger partial charge in [-0.1, -0.05) is 0 Å². The zero-order valence-corrected chi connectivity index (χ0v) is 9.20. The van der Waals surface area contributed by atoms with Crippen LogP contribution in [0.25, 0.3) is 0 Å². The number of carbonyl (C=O) groups is 1. The molecule has 1 aliphatic heterocycles. The lowest BCUT2D eigenvalue weighted by molar-refractivity contribution is -0.122. The minimum atomic E-state index is -0.232. The third-order valence-corrected chi connectivity index (χ3v) is 3.10. The van der Waals surface area contributed by atoms with Crippen LogP contribution in [-0.4, -0.2) is 37.4 Å². The minimum absolute atomic E-state index is 0.125. The monoisotopic (exact) mass is 227 g/mol. The number of carbonyl (C=O) groups excluding carboxylic acids is 1. The predicted octanol–water partition coefficient (Wildman–Crippen LogP) is 0.153. The second-order valence-corrected chi connectivity index (χ2v) is 4.36. The van der Waals surface area contributed by atoms with Crippen molar-refractivity contribution in [3.05, 3.63) is 12.0 Å². The largest absolute Gasteiger partial charge is 0.494 e. The molecule has 5 heteroatoms. The van der Waals surface area contributed by atoms with E-state index in [-0.39, 0.29) is 23.7 Å². The molecule has 0 saturated heterocycles. The Bertz CT molecular complexity index is 296. The van der Waals surface area contributed by atoms with E-state index in [1.165, 1.54) is 6.26 Å². The van der Waals surface area contributed by atoms with Crippen molar-refractivity contribution in [2.24, 2.45) is 5.41 Å². The van der Waals surface area contributed by atoms with Crippen molar-refractivity contribution >= 4 is 5.91 Å². The van der Waals surface area contributed by atoms with Crippen LogP contribution in [-0.2, 0) is 14.3 Å². The van der Waals surface area contributed by atoms with Gasteiger partial charge in [-0.25, -0.2) is 0 Å². The predicted molar refractivity (Wildman–Crippen MR) is 56.4 cm³/mol. The Balaban J connectivity index is 1.77. The van der Waals surface area contributed by atoms with E-state index in [0.29, 0.717) is 19.8 Å². The summed E-state index contributed by atoms with van der Waals surface area (Å²) in [6.07, 6.45) is 4.25. The highest BCUT2D eigenvalue weighted by atomic mass is 16.6. The quantitative estimate of drug-likeness (QED) is 0.701. The zero-order valence-electron chi connectivity index (χ0n) is 9.20. The van der Waals surface area contributed by atoms with Crippen LogP contribution in [0.3, 0.4) is 0 Å². The molecule has 0 atom stereocenters. The van der Waals surface area contributed by atoms with Gasteiger partial charge < -0.3 is 19.9 Å². The van der Waals surface area contributed by atoms with Crippen molar-refractivity contribution in [2.75, 3.05) is 26.4 Å². The lowest BCUT2D eigenvalue weighted by atomic mass is 10.0. The fourth-order valence-electron chi connectivity index (χ4n) is 1.77. The van der Waals surface area contributed by atoms with E-state index < -0.39 is 0 Å². The average molecular weight is 227 g/mol. The van der Waals surface area contributed by atoms with Crippen molar-refractivity contribution in [1.29, 1.82) is 0 Å². The third-order valence-electron chi connectivity index (χ3n) is 3.10. The van der Waals surface area contributed by atoms with E-state index >= 15 is 0 Å². The van der Waals surface area contributed by atoms with E-state index in [4.69, 9.17) is 14.6 Å². The number of hydrogen-bond acceptors (Lipinski definition) is 4. The summed E-state index contributed by atoms with van der Waals surface area (Å²) in [6, 6.07) is 0. The van der Waals surface area contributed by atoms with Crippen LogP contribution in [0, 0.1) is 5.41 Å². The van der Waals surface area contributed by atoms with E-state index in [2.05, 4.69) is 5.32 Å². The Morgan fingerprint density at radius 2 is 2.31 bits per heavy atom. The zero-order chi connectivity index (χ0) is 11.4. The Morgan fingerprint density at radius 3 is 2.88 bits per heavy atom. The smallest absolute Gasteiger partial charge is 0.289 e. The second kappa shape index (κ2) is 4.74. The summed E-state index contributed by atoms with van der Waals surface area (Å²) in [7, 11) is 0. The van der Waals surface area contributed by atoms with Gasteiger partial charge in [0.05, 0.1) is 0 Å². The number of nitrogens with one attached hydrogen (secondary N) is 1. The van der Waals surface area contributed by atoms with Gasteiger partial charge in [-0.15, -0.1) is 0 Å². The number of hydrogen-bond donors (Lipinski definition) is 2. The summed E-state index contributed by atoms with van der Waals surface area (Å²) in [6.45, 7) is 1.69. The van der Waals surface area contributed by atoms with Gasteiger partial charge in [0.1, 0.15) is 19.5 Å². The van der Waals surface area contributed by atoms with Crippen molar-refractivity contribution in [1.82, 2.24) is 5.32 Å². The van der Waals surface area contributed by atoms with Crippen molar-refractivity contribution in [3.63, 3.8) is 0 Å². The molecular weight excluding hydrogens is 210 g/mol. The van der Waals surface area contributed by atoms with E-state index in [1.807, 2.05) is 0 Å². The molecule has 2 N–H and O–H groups in total. The molecular formula is C11H17NO4. The maximum absolute atomic E-state index is 11.6. The van der Waals surface area contributed by atoms with Crippen LogP contribution in [0.4, 0.5) is 0 Å². The maximum atomic E-state index is 11.6. The summed E-state index contributed by atoms with van der Waals surface area (Å²) < 4.78 is 10.2. The number of rotatable bonds is 5. The van der Waals surface area contributed by atoms with Crippen LogP contribution < -0.4 is 5.32 Å². The van der Waals surface area contributed by atoms with Crippen LogP contribution in [0.2, 0.25) is 0 Å². The second-order valence-electron chi connectivity index (χ2n) is 4.36. The van der Waals surface area contributed by atoms with Crippen LogP contribution >= 0.6 is 0 Å². The van der Waals surface area contributed by atoms with Crippen LogP contribution in [0.1, 0.15) is 19.3 Å². The Kier molecular flexibility index (Phi) is 3.33. The van der Waals surface area contributed by atoms with Gasteiger partial charge >= 0.3 is 0 Å². The van der Waals surface area contributed by atoms with Crippen molar-refractivity contribution < 1.29 is 19.4 Å². The molecule has 0 spiro atoms. The Morgan fingerprint density at radius 1 is 1.50 bits per heavy atom. The minimum Gasteiger partial charge on any atom is -0.494 e. The topological polar surface area (TPSA) is 67.8 Å². The van der Waals surface area contributed by atoms with Crippen molar-refractivity contribution in [3.8, 4) is 0 Å².